The van der Waals surface area contributed by atoms with E-state index in [1.807, 2.05) is 24.0 Å². The molecule has 0 radical (unpaired) electrons. The lowest BCUT2D eigenvalue weighted by molar-refractivity contribution is -0.0157. The molecule has 2 N–H and O–H groups in total. The monoisotopic (exact) mass is 237 g/mol. The minimum absolute atomic E-state index is 0.288. The summed E-state index contributed by atoms with van der Waals surface area (Å²) in [6.45, 7) is 6.93. The van der Waals surface area contributed by atoms with Crippen LogP contribution in [-0.4, -0.2) is 28.0 Å². The molecule has 0 bridgehead atoms. The van der Waals surface area contributed by atoms with Gasteiger partial charge in [-0.05, 0) is 32.7 Å². The first kappa shape index (κ1) is 12.6. The van der Waals surface area contributed by atoms with E-state index in [9.17, 15) is 5.11 Å². The molecule has 2 unspecified atom stereocenters. The Bertz CT molecular complexity index is 353. The second kappa shape index (κ2) is 5.19. The van der Waals surface area contributed by atoms with E-state index < -0.39 is 5.60 Å². The normalized spacial score (nSPS) is 24.5. The van der Waals surface area contributed by atoms with Crippen molar-refractivity contribution in [1.29, 1.82) is 0 Å². The number of rotatable bonds is 4. The average Bonchev–Trinajstić information content (AvgIpc) is 2.80. The lowest BCUT2D eigenvalue weighted by Gasteiger charge is -2.35. The van der Waals surface area contributed by atoms with E-state index in [-0.39, 0.29) is 5.92 Å². The van der Waals surface area contributed by atoms with Crippen molar-refractivity contribution in [3.63, 3.8) is 0 Å². The average molecular weight is 237 g/mol. The molecule has 1 fully saturated rings. The molecule has 1 aliphatic rings. The first-order valence-corrected chi connectivity index (χ1v) is 6.60. The highest BCUT2D eigenvalue weighted by atomic mass is 16.3. The Hall–Kier alpha value is -0.870. The van der Waals surface area contributed by atoms with Crippen LogP contribution in [0.5, 0.6) is 0 Å². The van der Waals surface area contributed by atoms with Gasteiger partial charge in [0.05, 0.1) is 11.8 Å². The second-order valence-electron chi connectivity index (χ2n) is 5.18. The van der Waals surface area contributed by atoms with E-state index in [0.717, 1.165) is 44.5 Å². The van der Waals surface area contributed by atoms with Crippen LogP contribution in [0.15, 0.2) is 12.4 Å². The van der Waals surface area contributed by atoms with Crippen molar-refractivity contribution in [2.75, 3.05) is 13.1 Å². The maximum atomic E-state index is 10.7. The van der Waals surface area contributed by atoms with Crippen LogP contribution in [0.2, 0.25) is 0 Å². The molecule has 0 aliphatic carbocycles. The number of nitrogens with zero attached hydrogens (tertiary/aromatic N) is 2. The third-order valence-corrected chi connectivity index (χ3v) is 3.76. The molecule has 1 aliphatic heterocycles. The van der Waals surface area contributed by atoms with Crippen LogP contribution in [-0.2, 0) is 12.1 Å². The van der Waals surface area contributed by atoms with Crippen molar-refractivity contribution in [3.05, 3.63) is 18.0 Å². The predicted molar refractivity (Wildman–Crippen MR) is 67.7 cm³/mol. The number of aliphatic hydroxyl groups is 1. The number of aromatic nitrogens is 2. The third-order valence-electron chi connectivity index (χ3n) is 3.76. The quantitative estimate of drug-likeness (QED) is 0.834. The van der Waals surface area contributed by atoms with Crippen LogP contribution in [0.25, 0.3) is 0 Å². The summed E-state index contributed by atoms with van der Waals surface area (Å²) in [7, 11) is 0. The number of nitrogens with one attached hydrogen (secondary N) is 1. The van der Waals surface area contributed by atoms with Crippen LogP contribution in [0.1, 0.15) is 38.7 Å². The van der Waals surface area contributed by atoms with Gasteiger partial charge in [0.2, 0.25) is 0 Å². The Labute approximate surface area is 103 Å². The smallest absolute Gasteiger partial charge is 0.0938 e. The maximum Gasteiger partial charge on any atom is 0.0938 e. The van der Waals surface area contributed by atoms with E-state index in [1.54, 1.807) is 0 Å². The Morgan fingerprint density at radius 2 is 2.47 bits per heavy atom. The third kappa shape index (κ3) is 2.69. The van der Waals surface area contributed by atoms with E-state index in [0.29, 0.717) is 0 Å². The van der Waals surface area contributed by atoms with E-state index in [1.165, 1.54) is 0 Å². The van der Waals surface area contributed by atoms with Gasteiger partial charge in [-0.1, -0.05) is 6.92 Å². The van der Waals surface area contributed by atoms with Gasteiger partial charge in [-0.15, -0.1) is 0 Å². The predicted octanol–water partition coefficient (Wildman–Crippen LogP) is 1.50. The highest BCUT2D eigenvalue weighted by molar-refractivity contribution is 5.16. The van der Waals surface area contributed by atoms with Gasteiger partial charge < -0.3 is 10.4 Å². The molecular weight excluding hydrogens is 214 g/mol. The molecule has 1 aromatic heterocycles. The van der Waals surface area contributed by atoms with Crippen LogP contribution in [0.4, 0.5) is 0 Å². The summed E-state index contributed by atoms with van der Waals surface area (Å²) in [6, 6.07) is 0. The fourth-order valence-electron chi connectivity index (χ4n) is 2.54. The fraction of sp³-hybridized carbons (Fsp3) is 0.769. The number of piperidine rings is 1. The Morgan fingerprint density at radius 1 is 1.65 bits per heavy atom. The summed E-state index contributed by atoms with van der Waals surface area (Å²) in [6.07, 6.45) is 7.08. The maximum absolute atomic E-state index is 10.7. The molecule has 1 aromatic rings. The topological polar surface area (TPSA) is 50.1 Å². The zero-order valence-electron chi connectivity index (χ0n) is 10.8. The van der Waals surface area contributed by atoms with Crippen molar-refractivity contribution in [1.82, 2.24) is 15.1 Å². The van der Waals surface area contributed by atoms with Crippen LogP contribution < -0.4 is 5.32 Å². The molecule has 1 saturated heterocycles. The standard InChI is InChI=1S/C13H23N3O/c1-3-7-16-10-12(9-15-16)13(2,17)11-5-4-6-14-8-11/h9-11,14,17H,3-8H2,1-2H3. The van der Waals surface area contributed by atoms with E-state index in [2.05, 4.69) is 17.3 Å². The summed E-state index contributed by atoms with van der Waals surface area (Å²) in [4.78, 5) is 0. The molecule has 0 spiro atoms. The summed E-state index contributed by atoms with van der Waals surface area (Å²) in [5.74, 6) is 0.288. The molecule has 0 saturated carbocycles. The van der Waals surface area contributed by atoms with Crippen molar-refractivity contribution < 1.29 is 5.11 Å². The summed E-state index contributed by atoms with van der Waals surface area (Å²) >= 11 is 0. The molecule has 17 heavy (non-hydrogen) atoms. The van der Waals surface area contributed by atoms with Crippen LogP contribution in [0, 0.1) is 5.92 Å². The van der Waals surface area contributed by atoms with Gasteiger partial charge >= 0.3 is 0 Å². The zero-order chi connectivity index (χ0) is 12.3. The molecule has 2 heterocycles. The van der Waals surface area contributed by atoms with Crippen molar-refractivity contribution in [2.45, 2.75) is 45.3 Å². The molecule has 2 atom stereocenters. The minimum Gasteiger partial charge on any atom is -0.385 e. The van der Waals surface area contributed by atoms with Crippen molar-refractivity contribution in [2.24, 2.45) is 5.92 Å². The summed E-state index contributed by atoms with van der Waals surface area (Å²) in [5, 5.41) is 18.4. The van der Waals surface area contributed by atoms with Crippen LogP contribution >= 0.6 is 0 Å². The lowest BCUT2D eigenvalue weighted by Crippen LogP contribution is -2.42. The Balaban J connectivity index is 2.11. The van der Waals surface area contributed by atoms with Crippen LogP contribution in [0.3, 0.4) is 0 Å². The number of aryl methyl sites for hydroxylation is 1. The lowest BCUT2D eigenvalue weighted by atomic mass is 9.80. The van der Waals surface area contributed by atoms with E-state index >= 15 is 0 Å². The van der Waals surface area contributed by atoms with Crippen molar-refractivity contribution in [3.8, 4) is 0 Å². The van der Waals surface area contributed by atoms with Gasteiger partial charge in [-0.3, -0.25) is 4.68 Å². The Morgan fingerprint density at radius 3 is 3.12 bits per heavy atom. The highest BCUT2D eigenvalue weighted by Gasteiger charge is 2.35. The Kier molecular flexibility index (Phi) is 3.84. The molecule has 0 amide bonds. The molecule has 2 rings (SSSR count). The van der Waals surface area contributed by atoms with Gasteiger partial charge in [0.1, 0.15) is 0 Å². The molecule has 4 heteroatoms. The molecule has 0 aromatic carbocycles. The molecule has 4 nitrogen and oxygen atoms in total. The minimum atomic E-state index is -0.764. The zero-order valence-corrected chi connectivity index (χ0v) is 10.8. The van der Waals surface area contributed by atoms with Crippen molar-refractivity contribution >= 4 is 0 Å². The van der Waals surface area contributed by atoms with Gasteiger partial charge in [0.15, 0.2) is 0 Å². The highest BCUT2D eigenvalue weighted by Crippen LogP contribution is 2.33. The van der Waals surface area contributed by atoms with Gasteiger partial charge in [-0.25, -0.2) is 0 Å². The first-order valence-electron chi connectivity index (χ1n) is 6.60. The number of hydrogen-bond donors (Lipinski definition) is 2. The van der Waals surface area contributed by atoms with E-state index in [4.69, 9.17) is 0 Å². The van der Waals surface area contributed by atoms with Gasteiger partial charge in [0, 0.05) is 30.8 Å². The second-order valence-corrected chi connectivity index (χ2v) is 5.18. The fourth-order valence-corrected chi connectivity index (χ4v) is 2.54. The van der Waals surface area contributed by atoms with Gasteiger partial charge in [-0.2, -0.15) is 5.10 Å². The molecule has 96 valence electrons. The first-order chi connectivity index (χ1) is 8.14. The SMILES string of the molecule is CCCn1cc(C(C)(O)C2CCCNC2)cn1. The molecular formula is C13H23N3O. The summed E-state index contributed by atoms with van der Waals surface area (Å²) < 4.78 is 1.92. The number of hydrogen-bond acceptors (Lipinski definition) is 3. The summed E-state index contributed by atoms with van der Waals surface area (Å²) in [5.41, 5.74) is 0.180. The largest absolute Gasteiger partial charge is 0.385 e. The van der Waals surface area contributed by atoms with Gasteiger partial charge in [0.25, 0.3) is 0 Å².